The molecule has 17 heavy (non-hydrogen) atoms. The molecule has 0 amide bonds. The minimum atomic E-state index is -2.83. The lowest BCUT2D eigenvalue weighted by molar-refractivity contribution is 0.541. The first-order chi connectivity index (χ1) is 8.00. The molecule has 1 N–H and O–H groups in total. The molecule has 0 aliphatic heterocycles. The maximum Gasteiger partial charge on any atom is 0.150 e. The molecule has 1 atom stereocenters. The van der Waals surface area contributed by atoms with Crippen molar-refractivity contribution in [3.8, 4) is 0 Å². The van der Waals surface area contributed by atoms with E-state index < -0.39 is 9.84 Å². The first-order valence-electron chi connectivity index (χ1n) is 5.92. The maximum absolute atomic E-state index is 11.4. The Balaban J connectivity index is 2.52. The fourth-order valence-electron chi connectivity index (χ4n) is 1.80. The van der Waals surface area contributed by atoms with Crippen molar-refractivity contribution in [2.75, 3.05) is 18.6 Å². The monoisotopic (exact) mass is 275 g/mol. The largest absolute Gasteiger partial charge is 0.312 e. The average Bonchev–Trinajstić information content (AvgIpc) is 2.71. The van der Waals surface area contributed by atoms with Gasteiger partial charge in [-0.2, -0.15) is 0 Å². The highest BCUT2D eigenvalue weighted by Crippen LogP contribution is 2.27. The highest BCUT2D eigenvalue weighted by atomic mass is 32.2. The highest BCUT2D eigenvalue weighted by molar-refractivity contribution is 7.91. The number of sulfone groups is 1. The Labute approximate surface area is 108 Å². The van der Waals surface area contributed by atoms with E-state index in [1.54, 1.807) is 18.3 Å². The zero-order chi connectivity index (χ0) is 12.9. The van der Waals surface area contributed by atoms with Crippen molar-refractivity contribution in [3.05, 3.63) is 21.9 Å². The fourth-order valence-corrected chi connectivity index (χ4v) is 3.77. The fraction of sp³-hybridized carbons (Fsp3) is 0.667. The third-order valence-corrected chi connectivity index (χ3v) is 5.88. The molecule has 0 aromatic carbocycles. The molecule has 1 unspecified atom stereocenters. The van der Waals surface area contributed by atoms with Crippen LogP contribution in [0.5, 0.6) is 0 Å². The molecule has 1 heterocycles. The van der Waals surface area contributed by atoms with Crippen LogP contribution in [0, 0.1) is 6.92 Å². The molecular formula is C12H21NO2S2. The maximum atomic E-state index is 11.4. The Bertz CT molecular complexity index is 437. The summed E-state index contributed by atoms with van der Waals surface area (Å²) < 4.78 is 22.8. The molecule has 0 saturated carbocycles. The lowest BCUT2D eigenvalue weighted by atomic mass is 10.1. The van der Waals surface area contributed by atoms with Crippen molar-refractivity contribution in [2.45, 2.75) is 32.7 Å². The molecule has 0 bridgehead atoms. The third-order valence-electron chi connectivity index (χ3n) is 2.95. The first kappa shape index (κ1) is 14.7. The molecule has 1 aromatic rings. The number of hydrogen-bond donors (Lipinski definition) is 1. The van der Waals surface area contributed by atoms with Gasteiger partial charge in [0.05, 0.1) is 5.75 Å². The van der Waals surface area contributed by atoms with E-state index in [0.717, 1.165) is 12.8 Å². The second-order valence-corrected chi connectivity index (χ2v) is 7.61. The Morgan fingerprint density at radius 3 is 2.65 bits per heavy atom. The average molecular weight is 275 g/mol. The predicted octanol–water partition coefficient (Wildman–Crippen LogP) is 2.53. The molecule has 0 spiro atoms. The van der Waals surface area contributed by atoms with Gasteiger partial charge in [0.15, 0.2) is 0 Å². The molecule has 0 fully saturated rings. The van der Waals surface area contributed by atoms with Crippen molar-refractivity contribution >= 4 is 21.2 Å². The second kappa shape index (κ2) is 6.52. The quantitative estimate of drug-likeness (QED) is 0.832. The Hall–Kier alpha value is -0.390. The van der Waals surface area contributed by atoms with Gasteiger partial charge in [0.1, 0.15) is 9.84 Å². The second-order valence-electron chi connectivity index (χ2n) is 4.19. The third kappa shape index (κ3) is 4.41. The first-order valence-corrected chi connectivity index (χ1v) is 8.62. The molecule has 5 heteroatoms. The summed E-state index contributed by atoms with van der Waals surface area (Å²) in [5, 5.41) is 5.35. The van der Waals surface area contributed by atoms with Crippen LogP contribution in [-0.4, -0.2) is 27.0 Å². The zero-order valence-electron chi connectivity index (χ0n) is 10.7. The summed E-state index contributed by atoms with van der Waals surface area (Å²) in [5.74, 6) is 0.543. The molecule has 0 aliphatic rings. The Morgan fingerprint density at radius 1 is 1.47 bits per heavy atom. The summed E-state index contributed by atoms with van der Waals surface area (Å²) in [5.41, 5.74) is 1.28. The number of nitrogens with one attached hydrogen (secondary N) is 1. The summed E-state index contributed by atoms with van der Waals surface area (Å²) in [6.45, 7) is 3.80. The summed E-state index contributed by atoms with van der Waals surface area (Å²) in [6, 6.07) is 2.38. The van der Waals surface area contributed by atoms with Gasteiger partial charge in [-0.05, 0) is 43.8 Å². The molecule has 0 aliphatic carbocycles. The van der Waals surface area contributed by atoms with Gasteiger partial charge < -0.3 is 5.32 Å². The van der Waals surface area contributed by atoms with Crippen LogP contribution in [0.1, 0.15) is 36.2 Å². The van der Waals surface area contributed by atoms with Crippen molar-refractivity contribution in [2.24, 2.45) is 0 Å². The van der Waals surface area contributed by atoms with Crippen molar-refractivity contribution < 1.29 is 8.42 Å². The number of aryl methyl sites for hydroxylation is 1. The van der Waals surface area contributed by atoms with E-state index in [-0.39, 0.29) is 11.8 Å². The van der Waals surface area contributed by atoms with Crippen LogP contribution in [0.2, 0.25) is 0 Å². The Morgan fingerprint density at radius 2 is 2.18 bits per heavy atom. The molecule has 0 saturated heterocycles. The summed E-state index contributed by atoms with van der Waals surface area (Å²) in [6.07, 6.45) is 1.59. The van der Waals surface area contributed by atoms with Crippen LogP contribution in [0.4, 0.5) is 0 Å². The van der Waals surface area contributed by atoms with Gasteiger partial charge in [-0.15, -0.1) is 11.3 Å². The molecule has 98 valence electrons. The van der Waals surface area contributed by atoms with Crippen molar-refractivity contribution in [1.82, 2.24) is 5.32 Å². The lowest BCUT2D eigenvalue weighted by Gasteiger charge is -2.15. The predicted molar refractivity (Wildman–Crippen MR) is 74.4 cm³/mol. The number of thiophene rings is 1. The minimum absolute atomic E-state index is 0.245. The van der Waals surface area contributed by atoms with Gasteiger partial charge in [-0.25, -0.2) is 8.42 Å². The molecule has 1 rings (SSSR count). The smallest absolute Gasteiger partial charge is 0.150 e. The molecule has 0 radical (unpaired) electrons. The van der Waals surface area contributed by atoms with Gasteiger partial charge in [-0.1, -0.05) is 6.92 Å². The van der Waals surface area contributed by atoms with E-state index >= 15 is 0 Å². The van der Waals surface area contributed by atoms with Crippen LogP contribution >= 0.6 is 11.3 Å². The Kier molecular flexibility index (Phi) is 5.62. The van der Waals surface area contributed by atoms with Crippen molar-refractivity contribution in [1.29, 1.82) is 0 Å². The number of hydrogen-bond acceptors (Lipinski definition) is 4. The molecule has 3 nitrogen and oxygen atoms in total. The van der Waals surface area contributed by atoms with Crippen molar-refractivity contribution in [3.63, 3.8) is 0 Å². The van der Waals surface area contributed by atoms with Crippen LogP contribution in [0.3, 0.4) is 0 Å². The van der Waals surface area contributed by atoms with E-state index in [4.69, 9.17) is 0 Å². The van der Waals surface area contributed by atoms with Gasteiger partial charge in [0, 0.05) is 16.7 Å². The summed E-state index contributed by atoms with van der Waals surface area (Å²) >= 11 is 1.73. The van der Waals surface area contributed by atoms with Crippen LogP contribution < -0.4 is 5.32 Å². The highest BCUT2D eigenvalue weighted by Gasteiger charge is 2.14. The minimum Gasteiger partial charge on any atom is -0.312 e. The van der Waals surface area contributed by atoms with E-state index in [2.05, 4.69) is 23.7 Å². The topological polar surface area (TPSA) is 46.2 Å². The van der Waals surface area contributed by atoms with Gasteiger partial charge in [-0.3, -0.25) is 0 Å². The van der Waals surface area contributed by atoms with E-state index in [0.29, 0.717) is 5.75 Å². The van der Waals surface area contributed by atoms with Gasteiger partial charge in [0.25, 0.3) is 0 Å². The standard InChI is InChI=1S/C12H21NO2S2/c1-4-17(14,15)9-5-6-11(13-3)12-10(2)7-8-16-12/h7-8,11,13H,4-6,9H2,1-3H3. The zero-order valence-corrected chi connectivity index (χ0v) is 12.3. The van der Waals surface area contributed by atoms with E-state index in [1.165, 1.54) is 10.4 Å². The SMILES string of the molecule is CCS(=O)(=O)CCCC(NC)c1sccc1C. The molecular weight excluding hydrogens is 254 g/mol. The lowest BCUT2D eigenvalue weighted by Crippen LogP contribution is -2.18. The van der Waals surface area contributed by atoms with Crippen LogP contribution in [-0.2, 0) is 9.84 Å². The van der Waals surface area contributed by atoms with Crippen LogP contribution in [0.25, 0.3) is 0 Å². The van der Waals surface area contributed by atoms with E-state index in [1.807, 2.05) is 7.05 Å². The van der Waals surface area contributed by atoms with Gasteiger partial charge in [0.2, 0.25) is 0 Å². The van der Waals surface area contributed by atoms with E-state index in [9.17, 15) is 8.42 Å². The normalized spacial score (nSPS) is 13.8. The summed E-state index contributed by atoms with van der Waals surface area (Å²) in [7, 11) is -0.898. The summed E-state index contributed by atoms with van der Waals surface area (Å²) in [4.78, 5) is 1.32. The van der Waals surface area contributed by atoms with Gasteiger partial charge >= 0.3 is 0 Å². The molecule has 1 aromatic heterocycles. The van der Waals surface area contributed by atoms with Crippen LogP contribution in [0.15, 0.2) is 11.4 Å². The number of rotatable bonds is 7.